The highest BCUT2D eigenvalue weighted by molar-refractivity contribution is 7.89. The number of carbonyl (C=O) groups is 1. The molecule has 0 N–H and O–H groups in total. The third-order valence-electron chi connectivity index (χ3n) is 14.5. The number of anilines is 1. The van der Waals surface area contributed by atoms with Crippen LogP contribution in [0.5, 0.6) is 17.2 Å². The molecule has 3 aliphatic carbocycles. The lowest BCUT2D eigenvalue weighted by Gasteiger charge is -2.48. The molecular formula is C54H67ClN2O8S. The highest BCUT2D eigenvalue weighted by Crippen LogP contribution is 2.49. The number of hydrogen-bond donors (Lipinski definition) is 0. The molecule has 0 bridgehead atoms. The first-order valence-corrected chi connectivity index (χ1v) is 25.6. The summed E-state index contributed by atoms with van der Waals surface area (Å²) in [4.78, 5) is 15.9. The molecule has 1 heterocycles. The molecule has 0 aromatic heterocycles. The van der Waals surface area contributed by atoms with Crippen LogP contribution in [0.15, 0.2) is 96.6 Å². The summed E-state index contributed by atoms with van der Waals surface area (Å²) in [6, 6.07) is 27.2. The van der Waals surface area contributed by atoms with E-state index in [1.54, 1.807) is 18.5 Å². The average Bonchev–Trinajstić information content (AvgIpc) is 3.42. The van der Waals surface area contributed by atoms with Gasteiger partial charge in [-0.15, -0.1) is 0 Å². The van der Waals surface area contributed by atoms with Gasteiger partial charge in [0.1, 0.15) is 22.8 Å². The number of allylic oxidation sites excluding steroid dienone is 1. The maximum absolute atomic E-state index is 14.5. The second-order valence-electron chi connectivity index (χ2n) is 20.0. The van der Waals surface area contributed by atoms with Gasteiger partial charge in [-0.2, -0.15) is 4.31 Å². The van der Waals surface area contributed by atoms with Gasteiger partial charge in [-0.25, -0.2) is 13.2 Å². The predicted molar refractivity (Wildman–Crippen MR) is 261 cm³/mol. The van der Waals surface area contributed by atoms with Crippen LogP contribution in [0.3, 0.4) is 0 Å². The zero-order chi connectivity index (χ0) is 46.8. The SMILES string of the molecule is CC[C@H](CS(=O)(=O)N(Cc1ccc(OC)cc1)Cc1ccc(OC)cc1)[C@H]1C=C([C@@H](OC)[C@@H]2CC[C@H]2CN2C[C@@]3(CCCc4cc(Cl)ccc43)COc3ccc(C(=O)OC(C)(C)C)cc32)C1. The van der Waals surface area contributed by atoms with Crippen LogP contribution in [0.1, 0.15) is 98.8 Å². The molecule has 1 fully saturated rings. The van der Waals surface area contributed by atoms with Crippen LogP contribution in [0.25, 0.3) is 0 Å². The minimum Gasteiger partial charge on any atom is -0.497 e. The van der Waals surface area contributed by atoms with E-state index in [4.69, 9.17) is 35.3 Å². The zero-order valence-corrected chi connectivity index (χ0v) is 41.3. The lowest BCUT2D eigenvalue weighted by Crippen LogP contribution is -2.50. The van der Waals surface area contributed by atoms with E-state index in [2.05, 4.69) is 30.0 Å². The van der Waals surface area contributed by atoms with Gasteiger partial charge in [0.15, 0.2) is 0 Å². The van der Waals surface area contributed by atoms with Crippen molar-refractivity contribution in [2.75, 3.05) is 51.7 Å². The maximum Gasteiger partial charge on any atom is 0.338 e. The molecule has 4 aliphatic rings. The van der Waals surface area contributed by atoms with Gasteiger partial charge in [-0.3, -0.25) is 0 Å². The van der Waals surface area contributed by atoms with Crippen LogP contribution in [-0.4, -0.2) is 77.2 Å². The molecule has 4 aromatic rings. The van der Waals surface area contributed by atoms with E-state index in [9.17, 15) is 13.2 Å². The molecule has 66 heavy (non-hydrogen) atoms. The Balaban J connectivity index is 1.01. The summed E-state index contributed by atoms with van der Waals surface area (Å²) in [6.45, 7) is 10.3. The van der Waals surface area contributed by atoms with Gasteiger partial charge < -0.3 is 28.6 Å². The largest absolute Gasteiger partial charge is 0.497 e. The molecule has 6 atom stereocenters. The number of rotatable bonds is 17. The smallest absolute Gasteiger partial charge is 0.338 e. The summed E-state index contributed by atoms with van der Waals surface area (Å²) in [5, 5.41) is 0.751. The van der Waals surface area contributed by atoms with Crippen molar-refractivity contribution in [1.82, 2.24) is 4.31 Å². The van der Waals surface area contributed by atoms with E-state index in [0.29, 0.717) is 24.0 Å². The number of halogens is 1. The number of ether oxygens (including phenoxy) is 5. The van der Waals surface area contributed by atoms with Crippen molar-refractivity contribution in [1.29, 1.82) is 0 Å². The minimum absolute atomic E-state index is 0.0418. The fraction of sp³-hybridized carbons (Fsp3) is 0.500. The molecule has 354 valence electrons. The highest BCUT2D eigenvalue weighted by Gasteiger charge is 2.46. The molecule has 10 nitrogen and oxygen atoms in total. The number of carbonyl (C=O) groups excluding carboxylic acids is 1. The fourth-order valence-corrected chi connectivity index (χ4v) is 12.9. The molecule has 1 saturated carbocycles. The Morgan fingerprint density at radius 1 is 0.924 bits per heavy atom. The first-order valence-electron chi connectivity index (χ1n) is 23.6. The van der Waals surface area contributed by atoms with Crippen LogP contribution in [0.2, 0.25) is 5.02 Å². The molecule has 0 radical (unpaired) electrons. The molecule has 0 unspecified atom stereocenters. The van der Waals surface area contributed by atoms with Gasteiger partial charge >= 0.3 is 5.97 Å². The molecule has 4 aromatic carbocycles. The Hall–Kier alpha value is -4.55. The van der Waals surface area contributed by atoms with E-state index in [1.165, 1.54) is 16.7 Å². The van der Waals surface area contributed by atoms with Crippen molar-refractivity contribution in [2.45, 2.75) is 103 Å². The Labute approximate surface area is 397 Å². The normalized spacial score (nSPS) is 22.4. The van der Waals surface area contributed by atoms with Crippen LogP contribution in [0.4, 0.5) is 5.69 Å². The zero-order valence-electron chi connectivity index (χ0n) is 39.7. The van der Waals surface area contributed by atoms with Crippen molar-refractivity contribution < 1.29 is 36.9 Å². The molecule has 1 aliphatic heterocycles. The Morgan fingerprint density at radius 3 is 2.17 bits per heavy atom. The van der Waals surface area contributed by atoms with Crippen molar-refractivity contribution >= 4 is 33.3 Å². The molecule has 12 heteroatoms. The predicted octanol–water partition coefficient (Wildman–Crippen LogP) is 10.8. The van der Waals surface area contributed by atoms with E-state index in [1.807, 2.05) is 101 Å². The quantitative estimate of drug-likeness (QED) is 0.0756. The summed E-state index contributed by atoms with van der Waals surface area (Å²) in [6.07, 6.45) is 8.94. The standard InChI is InChI=1S/C54H67ClN2O8S/c1-8-38(33-66(59,60)57(30-36-11-18-45(61-5)19-12-36)31-37-13-20-46(62-6)21-14-37)42-26-43(27-42)51(63-7)47-22-15-41(47)32-56-34-54(25-9-10-39-28-44(55)17-23-48(39)54)35-64-50-24-16-40(29-49(50)56)52(58)65-53(2,3)4/h11-14,16-21,23-24,26,28-29,38,41-42,47,51H,8-10,15,22,25,27,30-35H2,1-7H3/t38-,41+,42+,47-,51-,54+/m1/s1. The van der Waals surface area contributed by atoms with Gasteiger partial charge in [0, 0.05) is 43.7 Å². The van der Waals surface area contributed by atoms with Crippen LogP contribution >= 0.6 is 11.6 Å². The lowest BCUT2D eigenvalue weighted by molar-refractivity contribution is -0.000497. The number of aryl methyl sites for hydroxylation is 1. The number of benzene rings is 4. The molecular weight excluding hydrogens is 872 g/mol. The minimum atomic E-state index is -3.68. The average molecular weight is 940 g/mol. The van der Waals surface area contributed by atoms with Gasteiger partial charge in [0.25, 0.3) is 0 Å². The summed E-state index contributed by atoms with van der Waals surface area (Å²) in [5.41, 5.74) is 6.19. The molecule has 1 spiro atoms. The third kappa shape index (κ3) is 10.6. The van der Waals surface area contributed by atoms with Crippen LogP contribution < -0.4 is 19.1 Å². The summed E-state index contributed by atoms with van der Waals surface area (Å²) >= 11 is 6.54. The number of hydrogen-bond acceptors (Lipinski definition) is 9. The second-order valence-corrected chi connectivity index (χ2v) is 22.4. The van der Waals surface area contributed by atoms with Crippen molar-refractivity contribution in [3.63, 3.8) is 0 Å². The number of sulfonamides is 1. The Morgan fingerprint density at radius 2 is 1.59 bits per heavy atom. The maximum atomic E-state index is 14.5. The van der Waals surface area contributed by atoms with Gasteiger partial charge in [-0.1, -0.05) is 61.4 Å². The third-order valence-corrected chi connectivity index (χ3v) is 16.6. The van der Waals surface area contributed by atoms with E-state index < -0.39 is 15.6 Å². The monoisotopic (exact) mass is 938 g/mol. The first kappa shape index (κ1) is 47.9. The molecule has 0 amide bonds. The van der Waals surface area contributed by atoms with Crippen molar-refractivity contribution in [3.8, 4) is 17.2 Å². The Kier molecular flexibility index (Phi) is 14.5. The van der Waals surface area contributed by atoms with E-state index >= 15 is 0 Å². The number of methoxy groups -OCH3 is 3. The molecule has 8 rings (SSSR count). The number of nitrogens with zero attached hydrogens (tertiary/aromatic N) is 2. The number of fused-ring (bicyclic) bond motifs is 3. The van der Waals surface area contributed by atoms with Crippen molar-refractivity contribution in [2.24, 2.45) is 23.7 Å². The van der Waals surface area contributed by atoms with Crippen LogP contribution in [-0.2, 0) is 44.4 Å². The topological polar surface area (TPSA) is 104 Å². The lowest BCUT2D eigenvalue weighted by atomic mass is 9.64. The van der Waals surface area contributed by atoms with E-state index in [-0.39, 0.29) is 48.2 Å². The summed E-state index contributed by atoms with van der Waals surface area (Å²) in [7, 11) is 1.38. The van der Waals surface area contributed by atoms with Gasteiger partial charge in [0.2, 0.25) is 10.0 Å². The van der Waals surface area contributed by atoms with Gasteiger partial charge in [0.05, 0.1) is 43.9 Å². The van der Waals surface area contributed by atoms with E-state index in [0.717, 1.165) is 97.1 Å². The first-order chi connectivity index (χ1) is 31.6. The second kappa shape index (κ2) is 20.0. The Bertz CT molecular complexity index is 2440. The summed E-state index contributed by atoms with van der Waals surface area (Å²) < 4.78 is 60.2. The number of esters is 1. The van der Waals surface area contributed by atoms with Gasteiger partial charge in [-0.05, 0) is 165 Å². The fourth-order valence-electron chi connectivity index (χ4n) is 10.8. The molecule has 0 saturated heterocycles. The van der Waals surface area contributed by atoms with Crippen molar-refractivity contribution in [3.05, 3.63) is 129 Å². The highest BCUT2D eigenvalue weighted by atomic mass is 35.5. The summed E-state index contributed by atoms with van der Waals surface area (Å²) in [5.74, 6) is 2.67. The van der Waals surface area contributed by atoms with Crippen LogP contribution in [0, 0.1) is 23.7 Å².